The van der Waals surface area contributed by atoms with E-state index in [0.29, 0.717) is 22.8 Å². The van der Waals surface area contributed by atoms with Gasteiger partial charge in [0.2, 0.25) is 0 Å². The van der Waals surface area contributed by atoms with Crippen LogP contribution in [0.3, 0.4) is 0 Å². The number of fused-ring (bicyclic) bond motifs is 3. The number of nitrogens with one attached hydrogen (secondary N) is 1. The molecule has 4 fully saturated rings. The molecule has 3 aliphatic heterocycles. The van der Waals surface area contributed by atoms with E-state index in [1.165, 1.54) is 12.8 Å². The van der Waals surface area contributed by atoms with Crippen LogP contribution in [0.4, 0.5) is 5.82 Å². The van der Waals surface area contributed by atoms with Crippen LogP contribution < -0.4 is 5.32 Å². The first-order valence-corrected chi connectivity index (χ1v) is 13.3. The minimum atomic E-state index is -0.539. The number of hydrogen-bond acceptors (Lipinski definition) is 4. The van der Waals surface area contributed by atoms with Gasteiger partial charge in [-0.3, -0.25) is 9.59 Å². The van der Waals surface area contributed by atoms with Crippen LogP contribution in [0.2, 0.25) is 0 Å². The fourth-order valence-electron chi connectivity index (χ4n) is 6.62. The van der Waals surface area contributed by atoms with Gasteiger partial charge in [-0.2, -0.15) is 0 Å². The zero-order valence-electron chi connectivity index (χ0n) is 20.9. The van der Waals surface area contributed by atoms with E-state index < -0.39 is 5.41 Å². The third-order valence-electron chi connectivity index (χ3n) is 8.64. The lowest BCUT2D eigenvalue weighted by atomic mass is 9.74. The molecule has 3 saturated heterocycles. The second-order valence-electron chi connectivity index (χ2n) is 11.0. The number of hydrogen-bond donors (Lipinski definition) is 1. The van der Waals surface area contributed by atoms with Crippen LogP contribution >= 0.6 is 0 Å². The van der Waals surface area contributed by atoms with Gasteiger partial charge in [0.15, 0.2) is 12.6 Å². The summed E-state index contributed by atoms with van der Waals surface area (Å²) < 4.78 is 7.12. The summed E-state index contributed by atoms with van der Waals surface area (Å²) in [4.78, 5) is 31.1. The highest BCUT2D eigenvalue weighted by molar-refractivity contribution is 5.90. The van der Waals surface area contributed by atoms with Crippen molar-refractivity contribution in [1.82, 2.24) is 4.98 Å². The molecule has 1 amide bonds. The van der Waals surface area contributed by atoms with Crippen LogP contribution in [-0.2, 0) is 19.7 Å². The first kappa shape index (κ1) is 24.0. The third kappa shape index (κ3) is 5.13. The van der Waals surface area contributed by atoms with Gasteiger partial charge >= 0.3 is 5.97 Å². The number of anilines is 1. The van der Waals surface area contributed by atoms with Crippen molar-refractivity contribution in [3.8, 4) is 0 Å². The number of piperidine rings is 3. The highest BCUT2D eigenvalue weighted by Gasteiger charge is 2.51. The molecule has 6 rings (SSSR count). The third-order valence-corrected chi connectivity index (χ3v) is 8.64. The van der Waals surface area contributed by atoms with Gasteiger partial charge in [-0.05, 0) is 43.0 Å². The van der Waals surface area contributed by atoms with Gasteiger partial charge in [0.25, 0.3) is 5.91 Å². The number of quaternary nitrogens is 1. The van der Waals surface area contributed by atoms with E-state index in [2.05, 4.69) is 22.4 Å². The van der Waals surface area contributed by atoms with Gasteiger partial charge in [-0.1, -0.05) is 56.0 Å². The highest BCUT2D eigenvalue weighted by Crippen LogP contribution is 2.42. The molecule has 1 saturated carbocycles. The fraction of sp³-hybridized carbons (Fsp3) is 0.552. The van der Waals surface area contributed by atoms with Gasteiger partial charge in [0, 0.05) is 25.0 Å². The lowest BCUT2D eigenvalue weighted by molar-refractivity contribution is -0.939. The Morgan fingerprint density at radius 1 is 1.06 bits per heavy atom. The summed E-state index contributed by atoms with van der Waals surface area (Å²) in [5.41, 5.74) is 1.63. The second kappa shape index (κ2) is 10.1. The van der Waals surface area contributed by atoms with Gasteiger partial charge in [-0.15, -0.1) is 0 Å². The Kier molecular flexibility index (Phi) is 6.92. The second-order valence-corrected chi connectivity index (χ2v) is 11.0. The predicted molar refractivity (Wildman–Crippen MR) is 136 cm³/mol. The van der Waals surface area contributed by atoms with Crippen molar-refractivity contribution in [1.29, 1.82) is 0 Å². The molecule has 1 atom stereocenters. The Balaban J connectivity index is 1.29. The van der Waals surface area contributed by atoms with Gasteiger partial charge in [-0.25, -0.2) is 4.98 Å². The number of aromatic nitrogens is 1. The quantitative estimate of drug-likeness (QED) is 0.370. The summed E-state index contributed by atoms with van der Waals surface area (Å²) in [6.45, 7) is 5.06. The minimum Gasteiger partial charge on any atom is -0.455 e. The average Bonchev–Trinajstić information content (AvgIpc) is 3.12. The van der Waals surface area contributed by atoms with E-state index in [9.17, 15) is 9.59 Å². The van der Waals surface area contributed by atoms with E-state index in [0.717, 1.165) is 69.3 Å². The van der Waals surface area contributed by atoms with E-state index in [1.807, 2.05) is 37.3 Å². The van der Waals surface area contributed by atoms with Crippen LogP contribution in [0.5, 0.6) is 0 Å². The summed E-state index contributed by atoms with van der Waals surface area (Å²) in [7, 11) is 0. The number of amides is 1. The number of esters is 1. The smallest absolute Gasteiger partial charge is 0.317 e. The summed E-state index contributed by atoms with van der Waals surface area (Å²) in [5, 5.41) is 2.97. The molecule has 35 heavy (non-hydrogen) atoms. The topological polar surface area (TPSA) is 68.3 Å². The maximum absolute atomic E-state index is 13.9. The number of carbonyl (C=O) groups excluding carboxylic acids is 2. The summed E-state index contributed by atoms with van der Waals surface area (Å²) >= 11 is 0. The molecule has 4 heterocycles. The maximum atomic E-state index is 13.9. The molecule has 6 nitrogen and oxygen atoms in total. The zero-order valence-corrected chi connectivity index (χ0v) is 20.9. The van der Waals surface area contributed by atoms with Crippen LogP contribution in [0.25, 0.3) is 0 Å². The molecular formula is C29H38N3O3+. The molecule has 1 aromatic carbocycles. The van der Waals surface area contributed by atoms with Crippen LogP contribution in [0.1, 0.15) is 62.5 Å². The summed E-state index contributed by atoms with van der Waals surface area (Å²) in [6.07, 6.45) is 9.82. The Labute approximate surface area is 208 Å². The highest BCUT2D eigenvalue weighted by atomic mass is 16.5. The zero-order chi connectivity index (χ0) is 24.3. The monoisotopic (exact) mass is 476 g/mol. The number of rotatable bonds is 6. The fourth-order valence-corrected chi connectivity index (χ4v) is 6.62. The maximum Gasteiger partial charge on any atom is 0.317 e. The molecule has 186 valence electrons. The molecule has 2 bridgehead atoms. The van der Waals surface area contributed by atoms with Crippen LogP contribution in [0, 0.1) is 12.8 Å². The van der Waals surface area contributed by atoms with Crippen molar-refractivity contribution < 1.29 is 18.8 Å². The Hall–Kier alpha value is -2.73. The van der Waals surface area contributed by atoms with Gasteiger partial charge in [0.05, 0.1) is 18.5 Å². The number of ether oxygens (including phenoxy) is 1. The number of carbonyl (C=O) groups is 2. The van der Waals surface area contributed by atoms with E-state index >= 15 is 0 Å². The molecule has 4 aliphatic rings. The predicted octanol–water partition coefficient (Wildman–Crippen LogP) is 4.77. The standard InChI is InChI=1S/C29H37N3O3/c1-22-11-16-30-26(19-22)31-27(33)21-32-17-12-23(13-18-32)25(20-32)35-28(34)29(14-7-2-3-8-15-29)24-9-5-4-6-10-24/h4-6,9-11,16,19,23,25H,2-3,7-8,12-15,17-18,20-21H2,1H3/p+1. The largest absolute Gasteiger partial charge is 0.455 e. The molecule has 1 N–H and O–H groups in total. The van der Waals surface area contributed by atoms with Crippen LogP contribution in [0.15, 0.2) is 48.7 Å². The lowest BCUT2D eigenvalue weighted by Crippen LogP contribution is -2.66. The Morgan fingerprint density at radius 2 is 1.77 bits per heavy atom. The van der Waals surface area contributed by atoms with Crippen molar-refractivity contribution in [2.75, 3.05) is 31.5 Å². The summed E-state index contributed by atoms with van der Waals surface area (Å²) in [6, 6.07) is 14.1. The molecule has 1 aliphatic carbocycles. The SMILES string of the molecule is Cc1ccnc(NC(=O)C[N+]23CCC(CC2)C(OC(=O)C2(c4ccccc4)CCCCCC2)C3)c1. The molecule has 2 aromatic rings. The normalized spacial score (nSPS) is 27.6. The van der Waals surface area contributed by atoms with Crippen molar-refractivity contribution in [2.24, 2.45) is 5.92 Å². The molecule has 0 spiro atoms. The lowest BCUT2D eigenvalue weighted by Gasteiger charge is -2.52. The average molecular weight is 477 g/mol. The first-order chi connectivity index (χ1) is 17.0. The van der Waals surface area contributed by atoms with Crippen molar-refractivity contribution in [2.45, 2.75) is 69.8 Å². The van der Waals surface area contributed by atoms with Gasteiger partial charge < -0.3 is 14.5 Å². The van der Waals surface area contributed by atoms with E-state index in [1.54, 1.807) is 6.20 Å². The van der Waals surface area contributed by atoms with Gasteiger partial charge in [0.1, 0.15) is 12.4 Å². The van der Waals surface area contributed by atoms with Crippen molar-refractivity contribution in [3.63, 3.8) is 0 Å². The molecule has 0 radical (unpaired) electrons. The van der Waals surface area contributed by atoms with Crippen LogP contribution in [-0.4, -0.2) is 53.6 Å². The van der Waals surface area contributed by atoms with Crippen molar-refractivity contribution in [3.05, 3.63) is 59.8 Å². The summed E-state index contributed by atoms with van der Waals surface area (Å²) in [5.74, 6) is 0.939. The van der Waals surface area contributed by atoms with Crippen molar-refractivity contribution >= 4 is 17.7 Å². The molecule has 1 unspecified atom stereocenters. The Morgan fingerprint density at radius 3 is 2.46 bits per heavy atom. The van der Waals surface area contributed by atoms with E-state index in [4.69, 9.17) is 4.74 Å². The molecule has 1 aromatic heterocycles. The first-order valence-electron chi connectivity index (χ1n) is 13.3. The minimum absolute atomic E-state index is 0.0157. The number of nitrogens with zero attached hydrogens (tertiary/aromatic N) is 2. The number of benzene rings is 1. The molecular weight excluding hydrogens is 438 g/mol. The van der Waals surface area contributed by atoms with E-state index in [-0.39, 0.29) is 18.0 Å². The Bertz CT molecular complexity index is 1040. The number of pyridine rings is 1. The molecule has 6 heteroatoms. The number of aryl methyl sites for hydroxylation is 1.